The smallest absolute Gasteiger partial charge is 0.0795 e. The largest absolute Gasteiger partial charge is 0.174 e. The summed E-state index contributed by atoms with van der Waals surface area (Å²) in [6.07, 6.45) is 3.99. The monoisotopic (exact) mass is 287 g/mol. The molecule has 0 spiro atoms. The third-order valence-corrected chi connectivity index (χ3v) is 7.28. The summed E-state index contributed by atoms with van der Waals surface area (Å²) >= 11 is 1.93. The molecule has 0 N–H and O–H groups in total. The predicted octanol–water partition coefficient (Wildman–Crippen LogP) is 5.38. The van der Waals surface area contributed by atoms with Gasteiger partial charge >= 0.3 is 0 Å². The zero-order chi connectivity index (χ0) is 13.1. The van der Waals surface area contributed by atoms with Gasteiger partial charge in [0.1, 0.15) is 5.75 Å². The van der Waals surface area contributed by atoms with Gasteiger partial charge in [-0.15, -0.1) is 0 Å². The highest BCUT2D eigenvalue weighted by atomic mass is 32.2. The van der Waals surface area contributed by atoms with E-state index in [9.17, 15) is 0 Å². The van der Waals surface area contributed by atoms with Gasteiger partial charge in [-0.25, -0.2) is 0 Å². The summed E-state index contributed by atoms with van der Waals surface area (Å²) in [4.78, 5) is 6.03. The van der Waals surface area contributed by atoms with Gasteiger partial charge in [0.15, 0.2) is 9.79 Å². The van der Waals surface area contributed by atoms with E-state index in [1.807, 2.05) is 11.8 Å². The third-order valence-electron chi connectivity index (χ3n) is 3.40. The Morgan fingerprint density at radius 3 is 2.00 bits per heavy atom. The number of unbranched alkanes of at least 4 members (excludes halogenated alkanes) is 2. The summed E-state index contributed by atoms with van der Waals surface area (Å²) < 4.78 is 0. The van der Waals surface area contributed by atoms with Crippen LogP contribution in [0.3, 0.4) is 0 Å². The first-order valence-corrected chi connectivity index (χ1v) is 9.18. The molecule has 0 saturated heterocycles. The highest BCUT2D eigenvalue weighted by Gasteiger charge is 2.34. The molecule has 0 saturated carbocycles. The minimum Gasteiger partial charge on any atom is -0.0795 e. The molecule has 0 bridgehead atoms. The van der Waals surface area contributed by atoms with Crippen LogP contribution in [0.4, 0.5) is 0 Å². The van der Waals surface area contributed by atoms with Crippen LogP contribution < -0.4 is 0 Å². The Morgan fingerprint density at radius 2 is 1.42 bits per heavy atom. The van der Waals surface area contributed by atoms with Crippen molar-refractivity contribution in [3.05, 3.63) is 48.5 Å². The van der Waals surface area contributed by atoms with Crippen LogP contribution in [0.2, 0.25) is 0 Å². The molecule has 0 aromatic heterocycles. The second-order valence-electron chi connectivity index (χ2n) is 4.80. The van der Waals surface area contributed by atoms with Gasteiger partial charge < -0.3 is 0 Å². The van der Waals surface area contributed by atoms with Crippen LogP contribution in [0.15, 0.2) is 68.1 Å². The summed E-state index contributed by atoms with van der Waals surface area (Å²) in [5.41, 5.74) is 0. The van der Waals surface area contributed by atoms with Crippen molar-refractivity contribution in [2.24, 2.45) is 0 Å². The van der Waals surface area contributed by atoms with E-state index >= 15 is 0 Å². The van der Waals surface area contributed by atoms with E-state index in [1.165, 1.54) is 34.8 Å². The number of hydrogen-bond acceptors (Lipinski definition) is 1. The van der Waals surface area contributed by atoms with Crippen molar-refractivity contribution in [2.75, 3.05) is 5.75 Å². The average molecular weight is 287 g/mol. The van der Waals surface area contributed by atoms with Crippen molar-refractivity contribution in [1.29, 1.82) is 0 Å². The highest BCUT2D eigenvalue weighted by Crippen LogP contribution is 2.45. The lowest BCUT2D eigenvalue weighted by atomic mass is 10.3. The molecular weight excluding hydrogens is 268 g/mol. The number of rotatable bonds is 4. The number of fused-ring (bicyclic) bond motifs is 2. The zero-order valence-corrected chi connectivity index (χ0v) is 12.9. The van der Waals surface area contributed by atoms with Gasteiger partial charge in [-0.1, -0.05) is 49.4 Å². The second kappa shape index (κ2) is 6.06. The van der Waals surface area contributed by atoms with E-state index in [-0.39, 0.29) is 10.9 Å². The first-order valence-electron chi connectivity index (χ1n) is 6.97. The quantitative estimate of drug-likeness (QED) is 0.537. The van der Waals surface area contributed by atoms with E-state index in [0.29, 0.717) is 0 Å². The number of hydrogen-bond donors (Lipinski definition) is 0. The molecule has 2 aromatic carbocycles. The SMILES string of the molecule is CCCCC[S+]1c2ccccc2Sc2ccccc21. The predicted molar refractivity (Wildman–Crippen MR) is 85.3 cm³/mol. The van der Waals surface area contributed by atoms with Gasteiger partial charge in [0.2, 0.25) is 0 Å². The van der Waals surface area contributed by atoms with Crippen LogP contribution in [0.1, 0.15) is 26.2 Å². The highest BCUT2D eigenvalue weighted by molar-refractivity contribution is 8.04. The van der Waals surface area contributed by atoms with Crippen LogP contribution in [0.25, 0.3) is 0 Å². The summed E-state index contributed by atoms with van der Waals surface area (Å²) in [5, 5.41) is 0. The first kappa shape index (κ1) is 13.1. The molecule has 0 nitrogen and oxygen atoms in total. The third kappa shape index (κ3) is 2.70. The Kier molecular flexibility index (Phi) is 4.19. The molecule has 2 heteroatoms. The van der Waals surface area contributed by atoms with Crippen molar-refractivity contribution in [1.82, 2.24) is 0 Å². The summed E-state index contributed by atoms with van der Waals surface area (Å²) in [5.74, 6) is 1.31. The second-order valence-corrected chi connectivity index (χ2v) is 7.95. The van der Waals surface area contributed by atoms with E-state index in [1.54, 1.807) is 9.79 Å². The minimum atomic E-state index is 0.283. The maximum absolute atomic E-state index is 2.33. The summed E-state index contributed by atoms with van der Waals surface area (Å²) in [6, 6.07) is 17.9. The van der Waals surface area contributed by atoms with E-state index in [4.69, 9.17) is 0 Å². The van der Waals surface area contributed by atoms with Crippen molar-refractivity contribution < 1.29 is 0 Å². The molecule has 0 aliphatic carbocycles. The van der Waals surface area contributed by atoms with Gasteiger partial charge in [-0.05, 0) is 37.1 Å². The average Bonchev–Trinajstić information content (AvgIpc) is 2.46. The molecular formula is C17H19S2+. The van der Waals surface area contributed by atoms with Crippen LogP contribution in [0, 0.1) is 0 Å². The lowest BCUT2D eigenvalue weighted by Gasteiger charge is -2.18. The van der Waals surface area contributed by atoms with Gasteiger partial charge in [0.05, 0.1) is 20.7 Å². The molecule has 0 unspecified atom stereocenters. The van der Waals surface area contributed by atoms with Gasteiger partial charge in [0, 0.05) is 0 Å². The van der Waals surface area contributed by atoms with E-state index in [2.05, 4.69) is 55.5 Å². The lowest BCUT2D eigenvalue weighted by Crippen LogP contribution is -2.14. The Hall–Kier alpha value is -0.860. The molecule has 0 amide bonds. The standard InChI is InChI=1S/C17H19S2/c1-2-3-8-13-19-16-11-6-4-9-14(16)18-15-10-5-7-12-17(15)19/h4-7,9-12H,2-3,8,13H2,1H3/q+1. The summed E-state index contributed by atoms with van der Waals surface area (Å²) in [7, 11) is 0.283. The van der Waals surface area contributed by atoms with E-state index in [0.717, 1.165) is 0 Å². The summed E-state index contributed by atoms with van der Waals surface area (Å²) in [6.45, 7) is 2.28. The normalized spacial score (nSPS) is 13.9. The fraction of sp³-hybridized carbons (Fsp3) is 0.294. The van der Waals surface area contributed by atoms with Crippen molar-refractivity contribution in [2.45, 2.75) is 45.8 Å². The van der Waals surface area contributed by atoms with Crippen LogP contribution in [-0.2, 0) is 10.9 Å². The molecule has 98 valence electrons. The van der Waals surface area contributed by atoms with Crippen molar-refractivity contribution >= 4 is 22.7 Å². The zero-order valence-electron chi connectivity index (χ0n) is 11.3. The van der Waals surface area contributed by atoms with Crippen LogP contribution in [-0.4, -0.2) is 5.75 Å². The van der Waals surface area contributed by atoms with Gasteiger partial charge in [-0.3, -0.25) is 0 Å². The van der Waals surface area contributed by atoms with Gasteiger partial charge in [0.25, 0.3) is 0 Å². The van der Waals surface area contributed by atoms with Gasteiger partial charge in [-0.2, -0.15) is 0 Å². The molecule has 0 radical (unpaired) electrons. The minimum absolute atomic E-state index is 0.283. The Bertz CT molecular complexity index is 517. The Labute approximate surface area is 123 Å². The molecule has 3 rings (SSSR count). The molecule has 0 fully saturated rings. The van der Waals surface area contributed by atoms with Crippen LogP contribution in [0.5, 0.6) is 0 Å². The molecule has 1 aliphatic heterocycles. The fourth-order valence-electron chi connectivity index (χ4n) is 2.43. The topological polar surface area (TPSA) is 0 Å². The maximum Gasteiger partial charge on any atom is 0.174 e. The Balaban J connectivity index is 1.96. The van der Waals surface area contributed by atoms with Crippen molar-refractivity contribution in [3.63, 3.8) is 0 Å². The van der Waals surface area contributed by atoms with Crippen LogP contribution >= 0.6 is 11.8 Å². The molecule has 2 aromatic rings. The fourth-order valence-corrected chi connectivity index (χ4v) is 6.43. The first-order chi connectivity index (χ1) is 9.40. The molecule has 19 heavy (non-hydrogen) atoms. The lowest BCUT2D eigenvalue weighted by molar-refractivity contribution is 0.775. The molecule has 1 aliphatic rings. The molecule has 1 heterocycles. The molecule has 0 atom stereocenters. The van der Waals surface area contributed by atoms with Crippen molar-refractivity contribution in [3.8, 4) is 0 Å². The maximum atomic E-state index is 2.33. The number of benzene rings is 2. The Morgan fingerprint density at radius 1 is 0.842 bits per heavy atom. The van der Waals surface area contributed by atoms with E-state index < -0.39 is 0 Å².